The standard InChI is InChI=1S/C12H16N4/c1-2-4-11-10(3-1)14-12(15-11)9-16-7-5-13-6-8-16/h1-4,13H,5-9H2,(H,14,15). The second-order valence-corrected chi connectivity index (χ2v) is 4.23. The van der Waals surface area contributed by atoms with Crippen LogP contribution in [0.1, 0.15) is 5.82 Å². The van der Waals surface area contributed by atoms with Crippen molar-refractivity contribution in [2.45, 2.75) is 6.54 Å². The Morgan fingerprint density at radius 1 is 1.19 bits per heavy atom. The zero-order valence-corrected chi connectivity index (χ0v) is 9.24. The lowest BCUT2D eigenvalue weighted by Gasteiger charge is -2.26. The number of hydrogen-bond acceptors (Lipinski definition) is 3. The number of imidazole rings is 1. The molecule has 0 bridgehead atoms. The molecule has 0 unspecified atom stereocenters. The second-order valence-electron chi connectivity index (χ2n) is 4.23. The molecule has 0 atom stereocenters. The summed E-state index contributed by atoms with van der Waals surface area (Å²) in [6.07, 6.45) is 0. The van der Waals surface area contributed by atoms with Crippen LogP contribution in [0.5, 0.6) is 0 Å². The maximum Gasteiger partial charge on any atom is 0.121 e. The minimum atomic E-state index is 0.927. The number of fused-ring (bicyclic) bond motifs is 1. The number of H-pyrrole nitrogens is 1. The lowest BCUT2D eigenvalue weighted by molar-refractivity contribution is 0.229. The Hall–Kier alpha value is -1.39. The van der Waals surface area contributed by atoms with Crippen molar-refractivity contribution in [3.8, 4) is 0 Å². The van der Waals surface area contributed by atoms with Crippen molar-refractivity contribution >= 4 is 11.0 Å². The molecule has 0 radical (unpaired) electrons. The third-order valence-electron chi connectivity index (χ3n) is 3.02. The average molecular weight is 216 g/mol. The molecule has 0 amide bonds. The summed E-state index contributed by atoms with van der Waals surface area (Å²) in [5, 5.41) is 3.35. The highest BCUT2D eigenvalue weighted by atomic mass is 15.2. The van der Waals surface area contributed by atoms with Crippen LogP contribution < -0.4 is 5.32 Å². The number of aromatic amines is 1. The summed E-state index contributed by atoms with van der Waals surface area (Å²) >= 11 is 0. The Morgan fingerprint density at radius 3 is 2.81 bits per heavy atom. The lowest BCUT2D eigenvalue weighted by atomic mass is 10.3. The number of para-hydroxylation sites is 2. The molecule has 4 nitrogen and oxygen atoms in total. The highest BCUT2D eigenvalue weighted by Gasteiger charge is 2.11. The maximum absolute atomic E-state index is 4.59. The quantitative estimate of drug-likeness (QED) is 0.786. The molecule has 1 saturated heterocycles. The molecule has 1 aliphatic heterocycles. The van der Waals surface area contributed by atoms with Crippen LogP contribution in [0.2, 0.25) is 0 Å². The number of nitrogens with zero attached hydrogens (tertiary/aromatic N) is 2. The van der Waals surface area contributed by atoms with E-state index in [0.717, 1.165) is 49.6 Å². The second kappa shape index (κ2) is 4.23. The normalized spacial score (nSPS) is 18.0. The largest absolute Gasteiger partial charge is 0.341 e. The fourth-order valence-electron chi connectivity index (χ4n) is 2.16. The average Bonchev–Trinajstić information content (AvgIpc) is 2.72. The minimum Gasteiger partial charge on any atom is -0.341 e. The van der Waals surface area contributed by atoms with Crippen LogP contribution >= 0.6 is 0 Å². The summed E-state index contributed by atoms with van der Waals surface area (Å²) in [4.78, 5) is 10.4. The van der Waals surface area contributed by atoms with Crippen molar-refractivity contribution in [3.63, 3.8) is 0 Å². The molecule has 1 fully saturated rings. The zero-order chi connectivity index (χ0) is 10.8. The van der Waals surface area contributed by atoms with Gasteiger partial charge in [0.25, 0.3) is 0 Å². The summed E-state index contributed by atoms with van der Waals surface area (Å²) < 4.78 is 0. The Morgan fingerprint density at radius 2 is 2.00 bits per heavy atom. The molecule has 84 valence electrons. The first-order valence-electron chi connectivity index (χ1n) is 5.78. The van der Waals surface area contributed by atoms with E-state index in [2.05, 4.69) is 26.3 Å². The van der Waals surface area contributed by atoms with Crippen LogP contribution in [0.15, 0.2) is 24.3 Å². The molecule has 0 aliphatic carbocycles. The van der Waals surface area contributed by atoms with E-state index in [9.17, 15) is 0 Å². The number of nitrogens with one attached hydrogen (secondary N) is 2. The van der Waals surface area contributed by atoms with Crippen LogP contribution in [-0.4, -0.2) is 41.0 Å². The zero-order valence-electron chi connectivity index (χ0n) is 9.24. The smallest absolute Gasteiger partial charge is 0.121 e. The fraction of sp³-hybridized carbons (Fsp3) is 0.417. The number of hydrogen-bond donors (Lipinski definition) is 2. The third-order valence-corrected chi connectivity index (χ3v) is 3.02. The summed E-state index contributed by atoms with van der Waals surface area (Å²) in [5.41, 5.74) is 2.19. The first-order valence-corrected chi connectivity index (χ1v) is 5.78. The monoisotopic (exact) mass is 216 g/mol. The molecular formula is C12H16N4. The minimum absolute atomic E-state index is 0.927. The Kier molecular flexibility index (Phi) is 2.60. The number of piperazine rings is 1. The van der Waals surface area contributed by atoms with Crippen molar-refractivity contribution in [1.82, 2.24) is 20.2 Å². The van der Waals surface area contributed by atoms with Gasteiger partial charge in [-0.1, -0.05) is 12.1 Å². The van der Waals surface area contributed by atoms with Crippen LogP contribution in [0, 0.1) is 0 Å². The first-order chi connectivity index (χ1) is 7.92. The Bertz CT molecular complexity index is 438. The van der Waals surface area contributed by atoms with Crippen molar-refractivity contribution < 1.29 is 0 Å². The fourth-order valence-corrected chi connectivity index (χ4v) is 2.16. The van der Waals surface area contributed by atoms with E-state index in [1.165, 1.54) is 0 Å². The molecule has 0 saturated carbocycles. The SMILES string of the molecule is c1ccc2[nH]c(CN3CCNCC3)nc2c1. The summed E-state index contributed by atoms with van der Waals surface area (Å²) in [6, 6.07) is 8.18. The summed E-state index contributed by atoms with van der Waals surface area (Å²) in [7, 11) is 0. The molecular weight excluding hydrogens is 200 g/mol. The molecule has 1 aromatic carbocycles. The Balaban J connectivity index is 1.78. The van der Waals surface area contributed by atoms with Gasteiger partial charge < -0.3 is 10.3 Å². The van der Waals surface area contributed by atoms with Crippen LogP contribution in [-0.2, 0) is 6.54 Å². The van der Waals surface area contributed by atoms with Crippen molar-refractivity contribution in [1.29, 1.82) is 0 Å². The molecule has 0 spiro atoms. The predicted molar refractivity (Wildman–Crippen MR) is 64.2 cm³/mol. The van der Waals surface area contributed by atoms with Crippen LogP contribution in [0.4, 0.5) is 0 Å². The number of benzene rings is 1. The molecule has 16 heavy (non-hydrogen) atoms. The lowest BCUT2D eigenvalue weighted by Crippen LogP contribution is -2.43. The first kappa shape index (κ1) is 9.81. The predicted octanol–water partition coefficient (Wildman–Crippen LogP) is 0.968. The molecule has 3 rings (SSSR count). The molecule has 1 aromatic heterocycles. The van der Waals surface area contributed by atoms with Gasteiger partial charge >= 0.3 is 0 Å². The van der Waals surface area contributed by atoms with Gasteiger partial charge in [-0.05, 0) is 12.1 Å². The molecule has 2 aromatic rings. The van der Waals surface area contributed by atoms with Gasteiger partial charge in [0, 0.05) is 26.2 Å². The van der Waals surface area contributed by atoms with Gasteiger partial charge in [-0.15, -0.1) is 0 Å². The van der Waals surface area contributed by atoms with Crippen LogP contribution in [0.25, 0.3) is 11.0 Å². The van der Waals surface area contributed by atoms with Gasteiger partial charge in [0.15, 0.2) is 0 Å². The van der Waals surface area contributed by atoms with Gasteiger partial charge in [-0.2, -0.15) is 0 Å². The molecule has 4 heteroatoms. The van der Waals surface area contributed by atoms with Crippen molar-refractivity contribution in [2.24, 2.45) is 0 Å². The highest BCUT2D eigenvalue weighted by Crippen LogP contribution is 2.11. The molecule has 2 heterocycles. The topological polar surface area (TPSA) is 44.0 Å². The number of rotatable bonds is 2. The van der Waals surface area contributed by atoms with E-state index in [1.807, 2.05) is 18.2 Å². The van der Waals surface area contributed by atoms with Crippen LogP contribution in [0.3, 0.4) is 0 Å². The molecule has 2 N–H and O–H groups in total. The van der Waals surface area contributed by atoms with E-state index in [-0.39, 0.29) is 0 Å². The van der Waals surface area contributed by atoms with E-state index in [1.54, 1.807) is 0 Å². The molecule has 1 aliphatic rings. The summed E-state index contributed by atoms with van der Waals surface area (Å²) in [6.45, 7) is 5.31. The van der Waals surface area contributed by atoms with E-state index >= 15 is 0 Å². The van der Waals surface area contributed by atoms with Gasteiger partial charge in [0.05, 0.1) is 17.6 Å². The van der Waals surface area contributed by atoms with E-state index in [4.69, 9.17) is 0 Å². The summed E-state index contributed by atoms with van der Waals surface area (Å²) in [5.74, 6) is 1.07. The number of aromatic nitrogens is 2. The van der Waals surface area contributed by atoms with Gasteiger partial charge in [0.1, 0.15) is 5.82 Å². The van der Waals surface area contributed by atoms with Gasteiger partial charge in [-0.25, -0.2) is 4.98 Å². The van der Waals surface area contributed by atoms with Crippen molar-refractivity contribution in [3.05, 3.63) is 30.1 Å². The van der Waals surface area contributed by atoms with Gasteiger partial charge in [0.2, 0.25) is 0 Å². The van der Waals surface area contributed by atoms with Crippen molar-refractivity contribution in [2.75, 3.05) is 26.2 Å². The van der Waals surface area contributed by atoms with E-state index in [0.29, 0.717) is 0 Å². The van der Waals surface area contributed by atoms with Gasteiger partial charge in [-0.3, -0.25) is 4.90 Å². The Labute approximate surface area is 94.7 Å². The maximum atomic E-state index is 4.59. The van der Waals surface area contributed by atoms with E-state index < -0.39 is 0 Å². The third kappa shape index (κ3) is 1.94. The highest BCUT2D eigenvalue weighted by molar-refractivity contribution is 5.74.